The molecule has 2 rings (SSSR count). The van der Waals surface area contributed by atoms with E-state index < -0.39 is 6.04 Å². The molecule has 0 unspecified atom stereocenters. The highest BCUT2D eigenvalue weighted by atomic mass is 35.5. The zero-order chi connectivity index (χ0) is 22.8. The number of carbonyl (C=O) groups excluding carboxylic acids is 2. The number of hydrogen-bond donors (Lipinski definition) is 1. The summed E-state index contributed by atoms with van der Waals surface area (Å²) < 4.78 is 5.21. The first kappa shape index (κ1) is 25.1. The molecule has 0 saturated carbocycles. The van der Waals surface area contributed by atoms with E-state index in [9.17, 15) is 9.59 Å². The van der Waals surface area contributed by atoms with Crippen LogP contribution in [0.4, 0.5) is 0 Å². The molecule has 168 valence electrons. The third-order valence-electron chi connectivity index (χ3n) is 5.09. The molecule has 0 bridgehead atoms. The van der Waals surface area contributed by atoms with E-state index in [-0.39, 0.29) is 17.9 Å². The molecule has 2 amide bonds. The van der Waals surface area contributed by atoms with E-state index in [2.05, 4.69) is 5.32 Å². The number of rotatable bonds is 11. The molecule has 0 aliphatic carbocycles. The van der Waals surface area contributed by atoms with Crippen molar-refractivity contribution in [3.63, 3.8) is 0 Å². The summed E-state index contributed by atoms with van der Waals surface area (Å²) in [7, 11) is 1.62. The van der Waals surface area contributed by atoms with E-state index in [1.165, 1.54) is 11.8 Å². The minimum Gasteiger partial charge on any atom is -0.497 e. The van der Waals surface area contributed by atoms with Crippen molar-refractivity contribution >= 4 is 35.2 Å². The maximum Gasteiger partial charge on any atom is 0.242 e. The van der Waals surface area contributed by atoms with Gasteiger partial charge in [-0.3, -0.25) is 9.59 Å². The van der Waals surface area contributed by atoms with Gasteiger partial charge in [0.15, 0.2) is 0 Å². The predicted octanol–water partition coefficient (Wildman–Crippen LogP) is 4.91. The minimum absolute atomic E-state index is 0.0622. The standard InChI is InChI=1S/C24H31ClN2O3S/c1-5-17(2)26-24(29)18(3)27(14-19-8-12-22(30-4)13-9-19)23(28)16-31-15-20-6-10-21(25)11-7-20/h6-13,17-18H,5,14-16H2,1-4H3,(H,26,29)/t17-,18+/m0/s1. The van der Waals surface area contributed by atoms with Crippen LogP contribution in [0.3, 0.4) is 0 Å². The molecule has 0 aromatic heterocycles. The fraction of sp³-hybridized carbons (Fsp3) is 0.417. The molecular formula is C24H31ClN2O3S. The van der Waals surface area contributed by atoms with E-state index >= 15 is 0 Å². The number of amides is 2. The third-order valence-corrected chi connectivity index (χ3v) is 6.33. The number of thioether (sulfide) groups is 1. The van der Waals surface area contributed by atoms with Crippen LogP contribution < -0.4 is 10.1 Å². The van der Waals surface area contributed by atoms with Crippen LogP contribution in [0, 0.1) is 0 Å². The molecule has 0 aliphatic heterocycles. The van der Waals surface area contributed by atoms with Crippen molar-refractivity contribution in [1.82, 2.24) is 10.2 Å². The molecule has 0 spiro atoms. The van der Waals surface area contributed by atoms with Gasteiger partial charge in [-0.25, -0.2) is 0 Å². The summed E-state index contributed by atoms with van der Waals surface area (Å²) in [6, 6.07) is 14.6. The Kier molecular flexibility index (Phi) is 10.2. The monoisotopic (exact) mass is 462 g/mol. The number of hydrogen-bond acceptors (Lipinski definition) is 4. The first-order chi connectivity index (χ1) is 14.8. The average Bonchev–Trinajstić information content (AvgIpc) is 2.78. The molecular weight excluding hydrogens is 432 g/mol. The number of nitrogens with one attached hydrogen (secondary N) is 1. The van der Waals surface area contributed by atoms with Crippen molar-refractivity contribution in [2.75, 3.05) is 12.9 Å². The Morgan fingerprint density at radius 2 is 1.68 bits per heavy atom. The molecule has 31 heavy (non-hydrogen) atoms. The molecule has 7 heteroatoms. The maximum atomic E-state index is 13.1. The molecule has 1 N–H and O–H groups in total. The van der Waals surface area contributed by atoms with Crippen molar-refractivity contribution in [2.24, 2.45) is 0 Å². The number of halogens is 1. The maximum absolute atomic E-state index is 13.1. The van der Waals surface area contributed by atoms with Crippen molar-refractivity contribution < 1.29 is 14.3 Å². The van der Waals surface area contributed by atoms with Gasteiger partial charge >= 0.3 is 0 Å². The number of ether oxygens (including phenoxy) is 1. The molecule has 0 aliphatic rings. The summed E-state index contributed by atoms with van der Waals surface area (Å²) in [4.78, 5) is 27.5. The third kappa shape index (κ3) is 8.11. The molecule has 2 aromatic rings. The molecule has 0 radical (unpaired) electrons. The quantitative estimate of drug-likeness (QED) is 0.515. The van der Waals surface area contributed by atoms with Crippen molar-refractivity contribution in [2.45, 2.75) is 51.6 Å². The lowest BCUT2D eigenvalue weighted by molar-refractivity contribution is -0.138. The molecule has 2 aromatic carbocycles. The van der Waals surface area contributed by atoms with Gasteiger partial charge in [0, 0.05) is 23.4 Å². The summed E-state index contributed by atoms with van der Waals surface area (Å²) in [5, 5.41) is 3.68. The number of benzene rings is 2. The number of nitrogens with zero attached hydrogens (tertiary/aromatic N) is 1. The fourth-order valence-corrected chi connectivity index (χ4v) is 3.89. The lowest BCUT2D eigenvalue weighted by Crippen LogP contribution is -2.50. The predicted molar refractivity (Wildman–Crippen MR) is 129 cm³/mol. The van der Waals surface area contributed by atoms with Gasteiger partial charge in [0.1, 0.15) is 11.8 Å². The van der Waals surface area contributed by atoms with E-state index in [4.69, 9.17) is 16.3 Å². The summed E-state index contributed by atoms with van der Waals surface area (Å²) in [5.74, 6) is 1.54. The highest BCUT2D eigenvalue weighted by Crippen LogP contribution is 2.19. The summed E-state index contributed by atoms with van der Waals surface area (Å²) >= 11 is 7.46. The second-order valence-electron chi connectivity index (χ2n) is 7.48. The Morgan fingerprint density at radius 1 is 1.06 bits per heavy atom. The van der Waals surface area contributed by atoms with Crippen LogP contribution in [0.15, 0.2) is 48.5 Å². The normalized spacial score (nSPS) is 12.7. The average molecular weight is 463 g/mol. The van der Waals surface area contributed by atoms with Gasteiger partial charge < -0.3 is 15.0 Å². The van der Waals surface area contributed by atoms with Crippen LogP contribution in [0.5, 0.6) is 5.75 Å². The zero-order valence-corrected chi connectivity index (χ0v) is 20.1. The molecule has 0 heterocycles. The van der Waals surface area contributed by atoms with Crippen LogP contribution in [0.2, 0.25) is 5.02 Å². The van der Waals surface area contributed by atoms with Crippen molar-refractivity contribution in [3.05, 3.63) is 64.7 Å². The van der Waals surface area contributed by atoms with Crippen molar-refractivity contribution in [1.29, 1.82) is 0 Å². The van der Waals surface area contributed by atoms with Gasteiger partial charge in [0.25, 0.3) is 0 Å². The molecule has 2 atom stereocenters. The smallest absolute Gasteiger partial charge is 0.242 e. The van der Waals surface area contributed by atoms with Gasteiger partial charge in [-0.05, 0) is 55.7 Å². The highest BCUT2D eigenvalue weighted by Gasteiger charge is 2.26. The zero-order valence-electron chi connectivity index (χ0n) is 18.6. The van der Waals surface area contributed by atoms with E-state index in [1.807, 2.05) is 62.4 Å². The number of methoxy groups -OCH3 is 1. The summed E-state index contributed by atoms with van der Waals surface area (Å²) in [6.07, 6.45) is 0.835. The van der Waals surface area contributed by atoms with E-state index in [0.29, 0.717) is 23.1 Å². The molecule has 0 fully saturated rings. The van der Waals surface area contributed by atoms with Crippen LogP contribution in [-0.2, 0) is 21.9 Å². The van der Waals surface area contributed by atoms with Gasteiger partial charge in [-0.15, -0.1) is 11.8 Å². The van der Waals surface area contributed by atoms with Crippen molar-refractivity contribution in [3.8, 4) is 5.75 Å². The van der Waals surface area contributed by atoms with Crippen LogP contribution >= 0.6 is 23.4 Å². The topological polar surface area (TPSA) is 58.6 Å². The largest absolute Gasteiger partial charge is 0.497 e. The van der Waals surface area contributed by atoms with Gasteiger partial charge in [-0.1, -0.05) is 42.8 Å². The Hall–Kier alpha value is -2.18. The Bertz CT molecular complexity index is 843. The molecule has 5 nitrogen and oxygen atoms in total. The minimum atomic E-state index is -0.570. The summed E-state index contributed by atoms with van der Waals surface area (Å²) in [6.45, 7) is 6.12. The lowest BCUT2D eigenvalue weighted by atomic mass is 10.1. The van der Waals surface area contributed by atoms with Crippen LogP contribution in [0.25, 0.3) is 0 Å². The SMILES string of the molecule is CC[C@H](C)NC(=O)[C@@H](C)N(Cc1ccc(OC)cc1)C(=O)CSCc1ccc(Cl)cc1. The first-order valence-corrected chi connectivity index (χ1v) is 11.9. The van der Waals surface area contributed by atoms with Crippen LogP contribution in [-0.4, -0.2) is 41.7 Å². The highest BCUT2D eigenvalue weighted by molar-refractivity contribution is 7.99. The lowest BCUT2D eigenvalue weighted by Gasteiger charge is -2.29. The second-order valence-corrected chi connectivity index (χ2v) is 8.90. The second kappa shape index (κ2) is 12.6. The Balaban J connectivity index is 2.07. The van der Waals surface area contributed by atoms with Crippen LogP contribution in [0.1, 0.15) is 38.3 Å². The van der Waals surface area contributed by atoms with Gasteiger partial charge in [0.05, 0.1) is 12.9 Å². The molecule has 0 saturated heterocycles. The van der Waals surface area contributed by atoms with Gasteiger partial charge in [-0.2, -0.15) is 0 Å². The summed E-state index contributed by atoms with van der Waals surface area (Å²) in [5.41, 5.74) is 2.05. The first-order valence-electron chi connectivity index (χ1n) is 10.4. The van der Waals surface area contributed by atoms with Gasteiger partial charge in [0.2, 0.25) is 11.8 Å². The van der Waals surface area contributed by atoms with E-state index in [0.717, 1.165) is 23.3 Å². The van der Waals surface area contributed by atoms with E-state index in [1.54, 1.807) is 18.9 Å². The Labute approximate surface area is 194 Å². The fourth-order valence-electron chi connectivity index (χ4n) is 2.90. The number of carbonyl (C=O) groups is 2. The Morgan fingerprint density at radius 3 is 2.26 bits per heavy atom.